The van der Waals surface area contributed by atoms with Crippen molar-refractivity contribution in [2.75, 3.05) is 0 Å². The average molecular weight is 247 g/mol. The predicted octanol–water partition coefficient (Wildman–Crippen LogP) is 4.24. The van der Waals surface area contributed by atoms with Crippen LogP contribution in [0.3, 0.4) is 0 Å². The van der Waals surface area contributed by atoms with Crippen LogP contribution in [0.25, 0.3) is 0 Å². The lowest BCUT2D eigenvalue weighted by Gasteiger charge is -2.16. The van der Waals surface area contributed by atoms with E-state index < -0.39 is 6.17 Å². The van der Waals surface area contributed by atoms with Gasteiger partial charge in [0.15, 0.2) is 0 Å². The van der Waals surface area contributed by atoms with Crippen molar-refractivity contribution in [2.45, 2.75) is 31.3 Å². The largest absolute Gasteiger partial charge is 0.247 e. The van der Waals surface area contributed by atoms with Gasteiger partial charge in [0.2, 0.25) is 0 Å². The van der Waals surface area contributed by atoms with Gasteiger partial charge in [-0.15, -0.1) is 11.6 Å². The first-order chi connectivity index (χ1) is 7.02. The monoisotopic (exact) mass is 246 g/mol. The van der Waals surface area contributed by atoms with Crippen molar-refractivity contribution in [2.24, 2.45) is 5.41 Å². The quantitative estimate of drug-likeness (QED) is 0.701. The van der Waals surface area contributed by atoms with E-state index in [1.807, 2.05) is 31.2 Å². The van der Waals surface area contributed by atoms with Crippen molar-refractivity contribution in [1.29, 1.82) is 0 Å². The molecule has 1 aliphatic rings. The highest BCUT2D eigenvalue weighted by molar-refractivity contribution is 6.30. The maximum absolute atomic E-state index is 13.1. The molecule has 82 valence electrons. The minimum Gasteiger partial charge on any atom is -0.247 e. The molecule has 0 radical (unpaired) electrons. The summed E-state index contributed by atoms with van der Waals surface area (Å²) >= 11 is 12.0. The maximum atomic E-state index is 13.1. The molecule has 0 N–H and O–H groups in total. The Bertz CT molecular complexity index is 349. The molecule has 1 fully saturated rings. The Morgan fingerprint density at radius 3 is 2.47 bits per heavy atom. The van der Waals surface area contributed by atoms with Gasteiger partial charge in [-0.05, 0) is 30.5 Å². The second-order valence-corrected chi connectivity index (χ2v) is 5.44. The molecule has 0 heterocycles. The molecule has 3 unspecified atom stereocenters. The lowest BCUT2D eigenvalue weighted by Crippen LogP contribution is -2.18. The van der Waals surface area contributed by atoms with Crippen LogP contribution < -0.4 is 0 Å². The lowest BCUT2D eigenvalue weighted by atomic mass is 9.98. The van der Waals surface area contributed by atoms with Crippen molar-refractivity contribution < 1.29 is 4.39 Å². The maximum Gasteiger partial charge on any atom is 0.108 e. The van der Waals surface area contributed by atoms with E-state index in [2.05, 4.69) is 0 Å². The molecule has 2 rings (SSSR count). The topological polar surface area (TPSA) is 0 Å². The molecule has 1 aromatic carbocycles. The van der Waals surface area contributed by atoms with Crippen LogP contribution in [0.15, 0.2) is 24.3 Å². The fraction of sp³-hybridized carbons (Fsp3) is 0.500. The number of benzene rings is 1. The van der Waals surface area contributed by atoms with Crippen LogP contribution in [0.5, 0.6) is 0 Å². The van der Waals surface area contributed by atoms with Gasteiger partial charge in [0.25, 0.3) is 0 Å². The molecule has 15 heavy (non-hydrogen) atoms. The molecule has 0 saturated heterocycles. The minimum absolute atomic E-state index is 0.131. The van der Waals surface area contributed by atoms with Gasteiger partial charge < -0.3 is 0 Å². The zero-order chi connectivity index (χ0) is 11.1. The van der Waals surface area contributed by atoms with E-state index in [1.54, 1.807) is 0 Å². The fourth-order valence-electron chi connectivity index (χ4n) is 1.71. The van der Waals surface area contributed by atoms with E-state index in [-0.39, 0.29) is 10.8 Å². The highest BCUT2D eigenvalue weighted by atomic mass is 35.5. The molecular formula is C12H13Cl2F. The molecule has 3 heteroatoms. The Hall–Kier alpha value is -0.270. The van der Waals surface area contributed by atoms with Gasteiger partial charge in [-0.3, -0.25) is 0 Å². The highest BCUT2D eigenvalue weighted by Gasteiger charge is 2.55. The van der Waals surface area contributed by atoms with Crippen LogP contribution in [0.4, 0.5) is 4.39 Å². The van der Waals surface area contributed by atoms with E-state index in [4.69, 9.17) is 23.2 Å². The van der Waals surface area contributed by atoms with E-state index in [9.17, 15) is 4.39 Å². The summed E-state index contributed by atoms with van der Waals surface area (Å²) in [6, 6.07) is 7.55. The Morgan fingerprint density at radius 1 is 1.47 bits per heavy atom. The van der Waals surface area contributed by atoms with Crippen molar-refractivity contribution >= 4 is 23.2 Å². The van der Waals surface area contributed by atoms with E-state index in [0.717, 1.165) is 5.56 Å². The third-order valence-corrected chi connectivity index (χ3v) is 4.12. The fourth-order valence-corrected chi connectivity index (χ4v) is 2.24. The number of hydrogen-bond acceptors (Lipinski definition) is 0. The summed E-state index contributed by atoms with van der Waals surface area (Å²) in [5.41, 5.74) is 0.793. The molecule has 1 aromatic rings. The molecule has 0 amide bonds. The molecule has 0 nitrogen and oxygen atoms in total. The Morgan fingerprint density at radius 2 is 2.00 bits per heavy atom. The van der Waals surface area contributed by atoms with Crippen molar-refractivity contribution in [3.63, 3.8) is 0 Å². The van der Waals surface area contributed by atoms with Gasteiger partial charge in [0.1, 0.15) is 6.17 Å². The number of hydrogen-bond donors (Lipinski definition) is 0. The second kappa shape index (κ2) is 3.95. The Balaban J connectivity index is 2.00. The van der Waals surface area contributed by atoms with Crippen molar-refractivity contribution in [3.8, 4) is 0 Å². The number of alkyl halides is 2. The van der Waals surface area contributed by atoms with Gasteiger partial charge in [-0.2, -0.15) is 0 Å². The van der Waals surface area contributed by atoms with E-state index >= 15 is 0 Å². The van der Waals surface area contributed by atoms with Gasteiger partial charge in [0.05, 0.1) is 0 Å². The average Bonchev–Trinajstić information content (AvgIpc) is 2.80. The first kappa shape index (κ1) is 11.2. The van der Waals surface area contributed by atoms with E-state index in [0.29, 0.717) is 17.9 Å². The second-order valence-electron chi connectivity index (χ2n) is 4.48. The summed E-state index contributed by atoms with van der Waals surface area (Å²) in [7, 11) is 0. The smallest absolute Gasteiger partial charge is 0.108 e. The molecule has 1 saturated carbocycles. The number of halogens is 3. The summed E-state index contributed by atoms with van der Waals surface area (Å²) in [6.07, 6.45) is 0.567. The predicted molar refractivity (Wildman–Crippen MR) is 62.4 cm³/mol. The van der Waals surface area contributed by atoms with Crippen LogP contribution in [0.2, 0.25) is 5.02 Å². The van der Waals surface area contributed by atoms with Crippen LogP contribution in [0.1, 0.15) is 18.9 Å². The molecule has 0 aromatic heterocycles. The van der Waals surface area contributed by atoms with Crippen LogP contribution in [0, 0.1) is 5.41 Å². The minimum atomic E-state index is -0.729. The molecule has 0 aliphatic heterocycles. The summed E-state index contributed by atoms with van der Waals surface area (Å²) in [5.74, 6) is 0. The van der Waals surface area contributed by atoms with Gasteiger partial charge in [-0.25, -0.2) is 4.39 Å². The highest BCUT2D eigenvalue weighted by Crippen LogP contribution is 2.53. The first-order valence-electron chi connectivity index (χ1n) is 5.05. The zero-order valence-corrected chi connectivity index (χ0v) is 10.0. The van der Waals surface area contributed by atoms with E-state index in [1.165, 1.54) is 0 Å². The van der Waals surface area contributed by atoms with Crippen LogP contribution >= 0.6 is 23.2 Å². The first-order valence-corrected chi connectivity index (χ1v) is 5.86. The summed E-state index contributed by atoms with van der Waals surface area (Å²) in [4.78, 5) is 0. The third kappa shape index (κ3) is 2.29. The van der Waals surface area contributed by atoms with Crippen molar-refractivity contribution in [1.82, 2.24) is 0 Å². The lowest BCUT2D eigenvalue weighted by molar-refractivity contribution is 0.366. The summed E-state index contributed by atoms with van der Waals surface area (Å²) in [5, 5.41) is 0.583. The zero-order valence-electron chi connectivity index (χ0n) is 8.51. The Kier molecular flexibility index (Phi) is 2.96. The molecule has 3 atom stereocenters. The standard InChI is InChI=1S/C12H13Cl2F/c1-12(7-11(12)15)10(14)6-8-2-4-9(13)5-3-8/h2-5,10-11H,6-7H2,1H3. The number of rotatable bonds is 3. The third-order valence-electron chi connectivity index (χ3n) is 3.22. The summed E-state index contributed by atoms with van der Waals surface area (Å²) in [6.45, 7) is 1.91. The SMILES string of the molecule is CC1(C(Cl)Cc2ccc(Cl)cc2)CC1F. The molecule has 0 bridgehead atoms. The normalized spacial score (nSPS) is 31.3. The molecule has 1 aliphatic carbocycles. The van der Waals surface area contributed by atoms with Gasteiger partial charge in [0, 0.05) is 15.8 Å². The van der Waals surface area contributed by atoms with Crippen LogP contribution in [-0.2, 0) is 6.42 Å². The van der Waals surface area contributed by atoms with Crippen LogP contribution in [-0.4, -0.2) is 11.5 Å². The van der Waals surface area contributed by atoms with Crippen molar-refractivity contribution in [3.05, 3.63) is 34.9 Å². The van der Waals surface area contributed by atoms with Gasteiger partial charge in [-0.1, -0.05) is 30.7 Å². The summed E-state index contributed by atoms with van der Waals surface area (Å²) < 4.78 is 13.1. The molecule has 0 spiro atoms. The molecular weight excluding hydrogens is 234 g/mol. The van der Waals surface area contributed by atoms with Gasteiger partial charge >= 0.3 is 0 Å². The Labute approximate surface area is 99.4 Å².